The Morgan fingerprint density at radius 2 is 1.95 bits per heavy atom. The fourth-order valence-corrected chi connectivity index (χ4v) is 2.37. The smallest absolute Gasteiger partial charge is 0.0734 e. The molecule has 0 saturated heterocycles. The highest BCUT2D eigenvalue weighted by Gasteiger charge is 2.02. The number of aryl methyl sites for hydroxylation is 1. The van der Waals surface area contributed by atoms with Crippen LogP contribution in [0.2, 0.25) is 0 Å². The van der Waals surface area contributed by atoms with Gasteiger partial charge in [-0.25, -0.2) is 0 Å². The minimum absolute atomic E-state index is 0.889. The van der Waals surface area contributed by atoms with Gasteiger partial charge in [-0.2, -0.15) is 0 Å². The lowest BCUT2D eigenvalue weighted by atomic mass is 10.1. The first-order valence-electron chi connectivity index (χ1n) is 6.82. The van der Waals surface area contributed by atoms with Crippen molar-refractivity contribution in [2.45, 2.75) is 13.3 Å². The van der Waals surface area contributed by atoms with Gasteiger partial charge >= 0.3 is 0 Å². The maximum absolute atomic E-state index is 4.49. The van der Waals surface area contributed by atoms with Crippen molar-refractivity contribution in [2.75, 3.05) is 11.9 Å². The summed E-state index contributed by atoms with van der Waals surface area (Å²) in [7, 11) is 0. The van der Waals surface area contributed by atoms with E-state index in [1.54, 1.807) is 0 Å². The van der Waals surface area contributed by atoms with E-state index in [0.29, 0.717) is 0 Å². The maximum atomic E-state index is 4.49. The molecule has 0 bridgehead atoms. The Balaban J connectivity index is 1.73. The number of rotatable bonds is 4. The summed E-state index contributed by atoms with van der Waals surface area (Å²) < 4.78 is 0. The summed E-state index contributed by atoms with van der Waals surface area (Å²) in [5.41, 5.74) is 4.70. The number of nitrogens with zero attached hydrogens (tertiary/aromatic N) is 2. The van der Waals surface area contributed by atoms with Gasteiger partial charge in [0, 0.05) is 36.2 Å². The van der Waals surface area contributed by atoms with Gasteiger partial charge < -0.3 is 5.32 Å². The second-order valence-electron chi connectivity index (χ2n) is 4.86. The summed E-state index contributed by atoms with van der Waals surface area (Å²) in [4.78, 5) is 8.59. The highest BCUT2D eigenvalue weighted by Crippen LogP contribution is 2.17. The Kier molecular flexibility index (Phi) is 3.59. The number of nitrogens with one attached hydrogen (secondary N) is 1. The molecule has 20 heavy (non-hydrogen) atoms. The van der Waals surface area contributed by atoms with E-state index >= 15 is 0 Å². The van der Waals surface area contributed by atoms with Crippen LogP contribution in [0.15, 0.2) is 55.0 Å². The van der Waals surface area contributed by atoms with Crippen LogP contribution in [0.4, 0.5) is 5.69 Å². The van der Waals surface area contributed by atoms with Gasteiger partial charge in [-0.3, -0.25) is 9.97 Å². The first-order chi connectivity index (χ1) is 9.84. The molecule has 0 saturated carbocycles. The number of anilines is 1. The van der Waals surface area contributed by atoms with E-state index in [1.807, 2.05) is 30.7 Å². The topological polar surface area (TPSA) is 37.8 Å². The zero-order valence-corrected chi connectivity index (χ0v) is 11.5. The van der Waals surface area contributed by atoms with E-state index in [2.05, 4.69) is 46.5 Å². The molecule has 3 rings (SSSR count). The zero-order valence-electron chi connectivity index (χ0n) is 11.5. The number of fused-ring (bicyclic) bond motifs is 1. The molecule has 0 radical (unpaired) electrons. The average molecular weight is 263 g/mol. The lowest BCUT2D eigenvalue weighted by molar-refractivity contribution is 1.02. The highest BCUT2D eigenvalue weighted by molar-refractivity contribution is 5.81. The molecular weight excluding hydrogens is 246 g/mol. The number of hydrogen-bond donors (Lipinski definition) is 1. The highest BCUT2D eigenvalue weighted by atomic mass is 14.9. The van der Waals surface area contributed by atoms with Crippen LogP contribution in [0.5, 0.6) is 0 Å². The molecule has 3 heteroatoms. The van der Waals surface area contributed by atoms with Crippen LogP contribution in [0.25, 0.3) is 10.9 Å². The van der Waals surface area contributed by atoms with E-state index in [4.69, 9.17) is 0 Å². The lowest BCUT2D eigenvalue weighted by Gasteiger charge is -2.10. The van der Waals surface area contributed by atoms with Crippen molar-refractivity contribution in [1.29, 1.82) is 0 Å². The largest absolute Gasteiger partial charge is 0.384 e. The van der Waals surface area contributed by atoms with Crippen molar-refractivity contribution in [3.05, 3.63) is 66.1 Å². The Morgan fingerprint density at radius 3 is 2.85 bits per heavy atom. The molecule has 0 spiro atoms. The molecule has 1 aromatic carbocycles. The predicted octanol–water partition coefficient (Wildman–Crippen LogP) is 3.59. The van der Waals surface area contributed by atoms with Gasteiger partial charge in [0.1, 0.15) is 0 Å². The van der Waals surface area contributed by atoms with Crippen LogP contribution < -0.4 is 5.32 Å². The van der Waals surface area contributed by atoms with Crippen molar-refractivity contribution >= 4 is 16.6 Å². The molecule has 3 nitrogen and oxygen atoms in total. The number of hydrogen-bond acceptors (Lipinski definition) is 3. The Labute approximate surface area is 118 Å². The third kappa shape index (κ3) is 2.62. The van der Waals surface area contributed by atoms with Crippen LogP contribution in [-0.2, 0) is 6.42 Å². The SMILES string of the molecule is Cc1cnccc1NCCc1cccc2cccnc12. The Bertz CT molecular complexity index is 717. The number of aromatic nitrogens is 2. The quantitative estimate of drug-likeness (QED) is 0.781. The van der Waals surface area contributed by atoms with Crippen LogP contribution in [0.1, 0.15) is 11.1 Å². The summed E-state index contributed by atoms with van der Waals surface area (Å²) in [6.07, 6.45) is 6.50. The van der Waals surface area contributed by atoms with Crippen molar-refractivity contribution < 1.29 is 0 Å². The predicted molar refractivity (Wildman–Crippen MR) is 82.9 cm³/mol. The third-order valence-electron chi connectivity index (χ3n) is 3.45. The molecule has 0 aliphatic rings. The molecule has 0 aliphatic carbocycles. The number of para-hydroxylation sites is 1. The van der Waals surface area contributed by atoms with Crippen LogP contribution in [0.3, 0.4) is 0 Å². The monoisotopic (exact) mass is 263 g/mol. The van der Waals surface area contributed by atoms with Gasteiger partial charge in [0.2, 0.25) is 0 Å². The molecule has 100 valence electrons. The van der Waals surface area contributed by atoms with E-state index in [1.165, 1.54) is 16.5 Å². The molecule has 0 unspecified atom stereocenters. The van der Waals surface area contributed by atoms with E-state index in [-0.39, 0.29) is 0 Å². The molecule has 1 N–H and O–H groups in total. The van der Waals surface area contributed by atoms with Crippen molar-refractivity contribution in [3.63, 3.8) is 0 Å². The fraction of sp³-hybridized carbons (Fsp3) is 0.176. The second kappa shape index (κ2) is 5.70. The number of pyridine rings is 2. The third-order valence-corrected chi connectivity index (χ3v) is 3.45. The first-order valence-corrected chi connectivity index (χ1v) is 6.82. The van der Waals surface area contributed by atoms with E-state index in [9.17, 15) is 0 Å². The summed E-state index contributed by atoms with van der Waals surface area (Å²) >= 11 is 0. The fourth-order valence-electron chi connectivity index (χ4n) is 2.37. The number of benzene rings is 1. The van der Waals surface area contributed by atoms with Gasteiger partial charge in [0.25, 0.3) is 0 Å². The zero-order chi connectivity index (χ0) is 13.8. The average Bonchev–Trinajstić information content (AvgIpc) is 2.49. The van der Waals surface area contributed by atoms with Gasteiger partial charge in [-0.1, -0.05) is 24.3 Å². The second-order valence-corrected chi connectivity index (χ2v) is 4.86. The molecular formula is C17H17N3. The minimum atomic E-state index is 0.889. The van der Waals surface area contributed by atoms with E-state index < -0.39 is 0 Å². The van der Waals surface area contributed by atoms with E-state index in [0.717, 1.165) is 24.2 Å². The summed E-state index contributed by atoms with van der Waals surface area (Å²) in [6.45, 7) is 2.95. The maximum Gasteiger partial charge on any atom is 0.0734 e. The molecule has 2 aromatic heterocycles. The van der Waals surface area contributed by atoms with Crippen LogP contribution >= 0.6 is 0 Å². The van der Waals surface area contributed by atoms with Gasteiger partial charge in [-0.05, 0) is 36.6 Å². The Morgan fingerprint density at radius 1 is 1.05 bits per heavy atom. The van der Waals surface area contributed by atoms with Gasteiger partial charge in [0.05, 0.1) is 5.52 Å². The minimum Gasteiger partial charge on any atom is -0.384 e. The summed E-state index contributed by atoms with van der Waals surface area (Å²) in [5, 5.41) is 4.66. The van der Waals surface area contributed by atoms with Crippen molar-refractivity contribution in [2.24, 2.45) is 0 Å². The molecule has 3 aromatic rings. The molecule has 0 atom stereocenters. The van der Waals surface area contributed by atoms with Gasteiger partial charge in [0.15, 0.2) is 0 Å². The lowest BCUT2D eigenvalue weighted by Crippen LogP contribution is -2.06. The normalized spacial score (nSPS) is 10.7. The molecule has 0 amide bonds. The standard InChI is InChI=1S/C17H17N3/c1-13-12-18-10-8-16(13)19-11-7-15-5-2-4-14-6-3-9-20-17(14)15/h2-6,8-10,12H,7,11H2,1H3,(H,18,19). The molecule has 0 aliphatic heterocycles. The first kappa shape index (κ1) is 12.6. The summed E-state index contributed by atoms with van der Waals surface area (Å²) in [6, 6.07) is 12.4. The molecule has 2 heterocycles. The molecule has 0 fully saturated rings. The van der Waals surface area contributed by atoms with Gasteiger partial charge in [-0.15, -0.1) is 0 Å². The van der Waals surface area contributed by atoms with Crippen molar-refractivity contribution in [3.8, 4) is 0 Å². The van der Waals surface area contributed by atoms with Crippen molar-refractivity contribution in [1.82, 2.24) is 9.97 Å². The van der Waals surface area contributed by atoms with Crippen LogP contribution in [-0.4, -0.2) is 16.5 Å². The Hall–Kier alpha value is -2.42. The summed E-state index contributed by atoms with van der Waals surface area (Å²) in [5.74, 6) is 0. The van der Waals surface area contributed by atoms with Crippen LogP contribution in [0, 0.1) is 6.92 Å².